The summed E-state index contributed by atoms with van der Waals surface area (Å²) in [6.45, 7) is 4.22. The lowest BCUT2D eigenvalue weighted by Gasteiger charge is -2.39. The van der Waals surface area contributed by atoms with Gasteiger partial charge >= 0.3 is 0 Å². The summed E-state index contributed by atoms with van der Waals surface area (Å²) in [4.78, 5) is 0. The fourth-order valence-electron chi connectivity index (χ4n) is 2.71. The Balaban J connectivity index is 2.08. The summed E-state index contributed by atoms with van der Waals surface area (Å²) in [6.07, 6.45) is -0.455. The van der Waals surface area contributed by atoms with Gasteiger partial charge in [0, 0.05) is 5.75 Å². The second-order valence-corrected chi connectivity index (χ2v) is 6.79. The molecule has 98 valence electrons. The third-order valence-corrected chi connectivity index (χ3v) is 5.51. The third kappa shape index (κ3) is 2.09. The van der Waals surface area contributed by atoms with Crippen molar-refractivity contribution in [3.8, 4) is 0 Å². The molecular weight excluding hydrogens is 252 g/mol. The molecule has 1 heterocycles. The smallest absolute Gasteiger partial charge is 0.0978 e. The van der Waals surface area contributed by atoms with Crippen LogP contribution < -0.4 is 0 Å². The normalized spacial score (nSPS) is 25.9. The molecule has 0 radical (unpaired) electrons. The maximum atomic E-state index is 10.8. The standard InChI is InChI=1S/C17H18OS/c1-12-8-9-13-11-19-17(2,16(18)15(13)10-12)14-6-4-3-5-7-14/h3-10,16,18H,11H2,1-2H3. The van der Waals surface area contributed by atoms with Crippen molar-refractivity contribution in [3.05, 3.63) is 70.8 Å². The van der Waals surface area contributed by atoms with Crippen LogP contribution in [-0.2, 0) is 10.5 Å². The molecule has 2 atom stereocenters. The van der Waals surface area contributed by atoms with Crippen LogP contribution in [0.2, 0.25) is 0 Å². The molecule has 3 rings (SSSR count). The van der Waals surface area contributed by atoms with Crippen LogP contribution in [0.1, 0.15) is 35.3 Å². The minimum Gasteiger partial charge on any atom is -0.387 e. The average molecular weight is 270 g/mol. The molecule has 0 aliphatic carbocycles. The minimum atomic E-state index is -0.455. The Hall–Kier alpha value is -1.25. The number of fused-ring (bicyclic) bond motifs is 1. The van der Waals surface area contributed by atoms with Crippen molar-refractivity contribution in [1.82, 2.24) is 0 Å². The first-order chi connectivity index (χ1) is 9.11. The number of hydrogen-bond donors (Lipinski definition) is 1. The number of benzene rings is 2. The summed E-state index contributed by atoms with van der Waals surface area (Å²) in [5, 5.41) is 10.8. The first kappa shape index (κ1) is 12.8. The fourth-order valence-corrected chi connectivity index (χ4v) is 4.02. The summed E-state index contributed by atoms with van der Waals surface area (Å²) in [5.41, 5.74) is 4.75. The van der Waals surface area contributed by atoms with E-state index in [1.807, 2.05) is 30.0 Å². The molecule has 0 saturated heterocycles. The van der Waals surface area contributed by atoms with Crippen LogP contribution in [0.3, 0.4) is 0 Å². The summed E-state index contributed by atoms with van der Waals surface area (Å²) < 4.78 is -0.262. The second kappa shape index (κ2) is 4.69. The van der Waals surface area contributed by atoms with Gasteiger partial charge in [0.15, 0.2) is 0 Å². The van der Waals surface area contributed by atoms with Crippen molar-refractivity contribution in [2.45, 2.75) is 30.5 Å². The highest BCUT2D eigenvalue weighted by Crippen LogP contribution is 2.52. The van der Waals surface area contributed by atoms with Crippen molar-refractivity contribution in [2.24, 2.45) is 0 Å². The molecule has 2 aromatic carbocycles. The lowest BCUT2D eigenvalue weighted by Crippen LogP contribution is -2.31. The zero-order valence-electron chi connectivity index (χ0n) is 11.3. The molecular formula is C17H18OS. The molecule has 2 unspecified atom stereocenters. The van der Waals surface area contributed by atoms with E-state index in [-0.39, 0.29) is 4.75 Å². The summed E-state index contributed by atoms with van der Waals surface area (Å²) in [5.74, 6) is 0.956. The van der Waals surface area contributed by atoms with Gasteiger partial charge < -0.3 is 5.11 Å². The molecule has 0 amide bonds. The van der Waals surface area contributed by atoms with Gasteiger partial charge in [0.05, 0.1) is 10.9 Å². The number of rotatable bonds is 1. The van der Waals surface area contributed by atoms with Crippen LogP contribution in [0, 0.1) is 6.92 Å². The van der Waals surface area contributed by atoms with Crippen LogP contribution in [0.5, 0.6) is 0 Å². The van der Waals surface area contributed by atoms with Crippen molar-refractivity contribution in [2.75, 3.05) is 0 Å². The molecule has 1 N–H and O–H groups in total. The lowest BCUT2D eigenvalue weighted by molar-refractivity contribution is 0.133. The highest BCUT2D eigenvalue weighted by Gasteiger charge is 2.40. The monoisotopic (exact) mass is 270 g/mol. The molecule has 1 nitrogen and oxygen atoms in total. The number of aliphatic hydroxyl groups excluding tert-OH is 1. The molecule has 19 heavy (non-hydrogen) atoms. The highest BCUT2D eigenvalue weighted by atomic mass is 32.2. The predicted octanol–water partition coefficient (Wildman–Crippen LogP) is 4.19. The van der Waals surface area contributed by atoms with Crippen LogP contribution >= 0.6 is 11.8 Å². The van der Waals surface area contributed by atoms with E-state index < -0.39 is 6.10 Å². The predicted molar refractivity (Wildman–Crippen MR) is 81.2 cm³/mol. The Morgan fingerprint density at radius 3 is 2.63 bits per heavy atom. The van der Waals surface area contributed by atoms with Crippen LogP contribution in [-0.4, -0.2) is 5.11 Å². The summed E-state index contributed by atoms with van der Waals surface area (Å²) >= 11 is 1.83. The van der Waals surface area contributed by atoms with E-state index in [2.05, 4.69) is 44.2 Å². The molecule has 1 aliphatic rings. The molecule has 2 heteroatoms. The maximum Gasteiger partial charge on any atom is 0.0978 e. The zero-order valence-corrected chi connectivity index (χ0v) is 12.1. The Kier molecular flexibility index (Phi) is 3.15. The molecule has 0 fully saturated rings. The van der Waals surface area contributed by atoms with E-state index >= 15 is 0 Å². The number of aliphatic hydroxyl groups is 1. The van der Waals surface area contributed by atoms with Gasteiger partial charge in [-0.15, -0.1) is 11.8 Å². The maximum absolute atomic E-state index is 10.8. The summed E-state index contributed by atoms with van der Waals surface area (Å²) in [6, 6.07) is 16.7. The van der Waals surface area contributed by atoms with Crippen LogP contribution in [0.15, 0.2) is 48.5 Å². The Bertz CT molecular complexity index is 593. The van der Waals surface area contributed by atoms with Crippen molar-refractivity contribution < 1.29 is 5.11 Å². The van der Waals surface area contributed by atoms with Gasteiger partial charge in [-0.05, 0) is 30.5 Å². The number of aryl methyl sites for hydroxylation is 1. The fraction of sp³-hybridized carbons (Fsp3) is 0.294. The van der Waals surface area contributed by atoms with E-state index in [0.717, 1.165) is 11.3 Å². The van der Waals surface area contributed by atoms with E-state index in [1.165, 1.54) is 16.7 Å². The van der Waals surface area contributed by atoms with Gasteiger partial charge in [-0.3, -0.25) is 0 Å². The third-order valence-electron chi connectivity index (χ3n) is 3.99. The number of hydrogen-bond acceptors (Lipinski definition) is 2. The summed E-state index contributed by atoms with van der Waals surface area (Å²) in [7, 11) is 0. The van der Waals surface area contributed by atoms with Gasteiger partial charge in [0.1, 0.15) is 0 Å². The first-order valence-electron chi connectivity index (χ1n) is 6.58. The molecule has 0 aromatic heterocycles. The molecule has 0 saturated carbocycles. The topological polar surface area (TPSA) is 20.2 Å². The van der Waals surface area contributed by atoms with Crippen LogP contribution in [0.4, 0.5) is 0 Å². The largest absolute Gasteiger partial charge is 0.387 e. The first-order valence-corrected chi connectivity index (χ1v) is 7.57. The lowest BCUT2D eigenvalue weighted by atomic mass is 9.86. The van der Waals surface area contributed by atoms with Gasteiger partial charge in [-0.25, -0.2) is 0 Å². The Morgan fingerprint density at radius 2 is 1.89 bits per heavy atom. The van der Waals surface area contributed by atoms with Crippen molar-refractivity contribution in [1.29, 1.82) is 0 Å². The molecule has 2 aromatic rings. The molecule has 0 spiro atoms. The SMILES string of the molecule is Cc1ccc2c(c1)C(O)C(C)(c1ccccc1)SC2. The van der Waals surface area contributed by atoms with E-state index in [9.17, 15) is 5.11 Å². The Morgan fingerprint density at radius 1 is 1.16 bits per heavy atom. The average Bonchev–Trinajstić information content (AvgIpc) is 2.45. The van der Waals surface area contributed by atoms with E-state index in [4.69, 9.17) is 0 Å². The van der Waals surface area contributed by atoms with Gasteiger partial charge in [-0.1, -0.05) is 54.1 Å². The molecule has 0 bridgehead atoms. The molecule has 1 aliphatic heterocycles. The van der Waals surface area contributed by atoms with E-state index in [0.29, 0.717) is 0 Å². The van der Waals surface area contributed by atoms with E-state index in [1.54, 1.807) is 0 Å². The van der Waals surface area contributed by atoms with Gasteiger partial charge in [-0.2, -0.15) is 0 Å². The number of thioether (sulfide) groups is 1. The Labute approximate surface area is 118 Å². The quantitative estimate of drug-likeness (QED) is 0.838. The van der Waals surface area contributed by atoms with Crippen molar-refractivity contribution >= 4 is 11.8 Å². The van der Waals surface area contributed by atoms with Crippen LogP contribution in [0.25, 0.3) is 0 Å². The van der Waals surface area contributed by atoms with Crippen molar-refractivity contribution in [3.63, 3.8) is 0 Å². The highest BCUT2D eigenvalue weighted by molar-refractivity contribution is 7.99. The van der Waals surface area contributed by atoms with Gasteiger partial charge in [0.25, 0.3) is 0 Å². The zero-order chi connectivity index (χ0) is 13.5. The minimum absolute atomic E-state index is 0.262. The van der Waals surface area contributed by atoms with Gasteiger partial charge in [0.2, 0.25) is 0 Å². The second-order valence-electron chi connectivity index (χ2n) is 5.37.